The molecule has 4 aromatic rings. The molecule has 0 aliphatic rings. The normalized spacial score (nSPS) is 11.2. The lowest BCUT2D eigenvalue weighted by molar-refractivity contribution is 1.02. The van der Waals surface area contributed by atoms with Gasteiger partial charge in [-0.05, 0) is 48.4 Å². The van der Waals surface area contributed by atoms with Gasteiger partial charge in [-0.15, -0.1) is 0 Å². The summed E-state index contributed by atoms with van der Waals surface area (Å²) >= 11 is 9.74. The molecule has 0 saturated heterocycles. The van der Waals surface area contributed by atoms with Gasteiger partial charge in [-0.3, -0.25) is 0 Å². The number of halogens is 2. The maximum atomic E-state index is 6.18. The first-order valence-corrected chi connectivity index (χ1v) is 9.25. The monoisotopic (exact) mass is 410 g/mol. The summed E-state index contributed by atoms with van der Waals surface area (Å²) in [4.78, 5) is 4.89. The highest BCUT2D eigenvalue weighted by atomic mass is 79.9. The molecule has 0 bridgehead atoms. The van der Waals surface area contributed by atoms with Crippen molar-refractivity contribution in [3.05, 3.63) is 93.2 Å². The van der Waals surface area contributed by atoms with Crippen molar-refractivity contribution in [1.82, 2.24) is 9.38 Å². The third kappa shape index (κ3) is 3.35. The van der Waals surface area contributed by atoms with Gasteiger partial charge in [-0.2, -0.15) is 0 Å². The fraction of sp³-hybridized carbons (Fsp3) is 0.0952. The Morgan fingerprint density at radius 2 is 1.88 bits per heavy atom. The van der Waals surface area contributed by atoms with E-state index in [1.807, 2.05) is 30.3 Å². The van der Waals surface area contributed by atoms with Crippen LogP contribution in [0.2, 0.25) is 5.02 Å². The lowest BCUT2D eigenvalue weighted by atomic mass is 10.0. The van der Waals surface area contributed by atoms with Crippen LogP contribution in [0.15, 0.2) is 71.3 Å². The summed E-state index contributed by atoms with van der Waals surface area (Å²) in [6.45, 7) is 2.10. The van der Waals surface area contributed by atoms with Crippen LogP contribution in [0.3, 0.4) is 0 Å². The van der Waals surface area contributed by atoms with Gasteiger partial charge in [0.05, 0.1) is 11.4 Å². The topological polar surface area (TPSA) is 17.3 Å². The highest BCUT2D eigenvalue weighted by Gasteiger charge is 2.15. The number of aryl methyl sites for hydroxylation is 1. The zero-order valence-corrected chi connectivity index (χ0v) is 16.1. The van der Waals surface area contributed by atoms with Gasteiger partial charge in [0.25, 0.3) is 0 Å². The van der Waals surface area contributed by atoms with Crippen LogP contribution >= 0.6 is 27.5 Å². The first kappa shape index (κ1) is 16.4. The third-order valence-electron chi connectivity index (χ3n) is 4.22. The van der Waals surface area contributed by atoms with Gasteiger partial charge in [-0.1, -0.05) is 57.9 Å². The van der Waals surface area contributed by atoms with Crippen LogP contribution in [0.25, 0.3) is 16.9 Å². The molecule has 0 amide bonds. The average Bonchev–Trinajstić information content (AvgIpc) is 2.93. The van der Waals surface area contributed by atoms with Crippen molar-refractivity contribution >= 4 is 33.2 Å². The quantitative estimate of drug-likeness (QED) is 0.386. The lowest BCUT2D eigenvalue weighted by Crippen LogP contribution is -1.97. The molecule has 25 heavy (non-hydrogen) atoms. The minimum atomic E-state index is 0.756. The Hall–Kier alpha value is -2.10. The molecule has 0 aliphatic heterocycles. The van der Waals surface area contributed by atoms with Gasteiger partial charge < -0.3 is 4.40 Å². The molecule has 2 aromatic carbocycles. The van der Waals surface area contributed by atoms with Crippen LogP contribution in [0, 0.1) is 6.92 Å². The first-order valence-electron chi connectivity index (χ1n) is 8.08. The number of imidazole rings is 1. The van der Waals surface area contributed by atoms with Crippen molar-refractivity contribution in [2.75, 3.05) is 0 Å². The molecule has 4 heteroatoms. The van der Waals surface area contributed by atoms with E-state index in [1.54, 1.807) is 0 Å². The molecule has 0 radical (unpaired) electrons. The van der Waals surface area contributed by atoms with E-state index in [2.05, 4.69) is 63.8 Å². The lowest BCUT2D eigenvalue weighted by Gasteiger charge is -2.07. The molecule has 0 saturated carbocycles. The number of pyridine rings is 1. The first-order chi connectivity index (χ1) is 12.1. The fourth-order valence-electron chi connectivity index (χ4n) is 3.08. The van der Waals surface area contributed by atoms with Crippen molar-refractivity contribution in [3.63, 3.8) is 0 Å². The SMILES string of the molecule is Cc1ccc2nc(-c3cccc(Br)c3)c(Cc3cccc(Cl)c3)n2c1. The number of aromatic nitrogens is 2. The minimum Gasteiger partial charge on any atom is -0.303 e. The smallest absolute Gasteiger partial charge is 0.137 e. The standard InChI is InChI=1S/C21H16BrClN2/c1-14-8-9-20-24-21(16-5-3-6-17(22)12-16)19(25(20)13-14)11-15-4-2-7-18(23)10-15/h2-10,12-13H,11H2,1H3. The molecule has 124 valence electrons. The Balaban J connectivity index is 1.92. The summed E-state index contributed by atoms with van der Waals surface area (Å²) in [5.74, 6) is 0. The van der Waals surface area contributed by atoms with Crippen molar-refractivity contribution in [2.45, 2.75) is 13.3 Å². The maximum Gasteiger partial charge on any atom is 0.137 e. The molecular weight excluding hydrogens is 396 g/mol. The van der Waals surface area contributed by atoms with Gasteiger partial charge >= 0.3 is 0 Å². The van der Waals surface area contributed by atoms with Crippen LogP contribution < -0.4 is 0 Å². The molecular formula is C21H16BrClN2. The van der Waals surface area contributed by atoms with Gasteiger partial charge in [0.15, 0.2) is 0 Å². The summed E-state index contributed by atoms with van der Waals surface area (Å²) in [6, 6.07) is 20.4. The molecule has 0 fully saturated rings. The van der Waals surface area contributed by atoms with E-state index in [4.69, 9.17) is 16.6 Å². The van der Waals surface area contributed by atoms with E-state index in [0.29, 0.717) is 0 Å². The highest BCUT2D eigenvalue weighted by Crippen LogP contribution is 2.29. The van der Waals surface area contributed by atoms with Crippen molar-refractivity contribution in [1.29, 1.82) is 0 Å². The Kier molecular flexibility index (Phi) is 4.36. The van der Waals surface area contributed by atoms with Crippen molar-refractivity contribution in [2.24, 2.45) is 0 Å². The number of fused-ring (bicyclic) bond motifs is 1. The average molecular weight is 412 g/mol. The fourth-order valence-corrected chi connectivity index (χ4v) is 3.69. The third-order valence-corrected chi connectivity index (χ3v) is 4.95. The predicted octanol–water partition coefficient (Wildman–Crippen LogP) is 6.32. The number of benzene rings is 2. The molecule has 0 unspecified atom stereocenters. The van der Waals surface area contributed by atoms with Crippen LogP contribution in [-0.4, -0.2) is 9.38 Å². The van der Waals surface area contributed by atoms with Crippen LogP contribution in [0.4, 0.5) is 0 Å². The summed E-state index contributed by atoms with van der Waals surface area (Å²) in [5.41, 5.74) is 6.61. The Labute approximate surface area is 160 Å². The number of hydrogen-bond acceptors (Lipinski definition) is 1. The number of nitrogens with zero attached hydrogens (tertiary/aromatic N) is 2. The molecule has 0 aliphatic carbocycles. The van der Waals surface area contributed by atoms with E-state index in [1.165, 1.54) is 16.8 Å². The Bertz CT molecular complexity index is 1070. The minimum absolute atomic E-state index is 0.756. The molecule has 2 aromatic heterocycles. The van der Waals surface area contributed by atoms with E-state index >= 15 is 0 Å². The summed E-state index contributed by atoms with van der Waals surface area (Å²) in [6.07, 6.45) is 2.91. The van der Waals surface area contributed by atoms with E-state index in [0.717, 1.165) is 32.8 Å². The highest BCUT2D eigenvalue weighted by molar-refractivity contribution is 9.10. The maximum absolute atomic E-state index is 6.18. The van der Waals surface area contributed by atoms with Crippen molar-refractivity contribution in [3.8, 4) is 11.3 Å². The van der Waals surface area contributed by atoms with Gasteiger partial charge in [0.2, 0.25) is 0 Å². The molecule has 0 spiro atoms. The summed E-state index contributed by atoms with van der Waals surface area (Å²) in [7, 11) is 0. The zero-order valence-electron chi connectivity index (χ0n) is 13.7. The molecule has 0 atom stereocenters. The molecule has 0 N–H and O–H groups in total. The summed E-state index contributed by atoms with van der Waals surface area (Å²) in [5, 5.41) is 0.756. The van der Waals surface area contributed by atoms with Crippen LogP contribution in [0.1, 0.15) is 16.8 Å². The Morgan fingerprint density at radius 3 is 2.68 bits per heavy atom. The van der Waals surface area contributed by atoms with E-state index < -0.39 is 0 Å². The second-order valence-electron chi connectivity index (χ2n) is 6.16. The molecule has 2 heterocycles. The van der Waals surface area contributed by atoms with Gasteiger partial charge in [0, 0.05) is 27.7 Å². The van der Waals surface area contributed by atoms with Gasteiger partial charge in [0.1, 0.15) is 5.65 Å². The van der Waals surface area contributed by atoms with Crippen molar-refractivity contribution < 1.29 is 0 Å². The van der Waals surface area contributed by atoms with E-state index in [-0.39, 0.29) is 0 Å². The predicted molar refractivity (Wildman–Crippen MR) is 107 cm³/mol. The second-order valence-corrected chi connectivity index (χ2v) is 7.51. The van der Waals surface area contributed by atoms with Crippen LogP contribution in [0.5, 0.6) is 0 Å². The largest absolute Gasteiger partial charge is 0.303 e. The zero-order chi connectivity index (χ0) is 17.4. The van der Waals surface area contributed by atoms with Gasteiger partial charge in [-0.25, -0.2) is 4.98 Å². The second kappa shape index (κ2) is 6.66. The molecule has 2 nitrogen and oxygen atoms in total. The number of rotatable bonds is 3. The van der Waals surface area contributed by atoms with E-state index in [9.17, 15) is 0 Å². The Morgan fingerprint density at radius 1 is 1.04 bits per heavy atom. The van der Waals surface area contributed by atoms with Crippen LogP contribution in [-0.2, 0) is 6.42 Å². The number of hydrogen-bond donors (Lipinski definition) is 0. The molecule has 4 rings (SSSR count). The summed E-state index contributed by atoms with van der Waals surface area (Å²) < 4.78 is 3.24.